The summed E-state index contributed by atoms with van der Waals surface area (Å²) < 4.78 is 2.71. The Labute approximate surface area is 144 Å². The number of hydrogen-bond acceptors (Lipinski definition) is 2. The Bertz CT molecular complexity index is 631. The van der Waals surface area contributed by atoms with Gasteiger partial charge in [0.25, 0.3) is 0 Å². The largest absolute Gasteiger partial charge is 0.343 e. The molecule has 0 spiro atoms. The molecular weight excluding hydrogens is 312 g/mol. The minimum atomic E-state index is 0. The Balaban J connectivity index is 0.00000176. The summed E-state index contributed by atoms with van der Waals surface area (Å²) >= 11 is 2.13. The van der Waals surface area contributed by atoms with Crippen LogP contribution in [-0.4, -0.2) is 35.4 Å². The molecule has 22 heavy (non-hydrogen) atoms. The SMILES string of the molecule is CCn1c2c(c3ccccc31)CCSC2(C)C(C)N(C)C.Cl. The zero-order chi connectivity index (χ0) is 15.2. The van der Waals surface area contributed by atoms with Gasteiger partial charge >= 0.3 is 0 Å². The molecule has 4 heteroatoms. The molecule has 0 bridgehead atoms. The summed E-state index contributed by atoms with van der Waals surface area (Å²) in [5, 5.41) is 1.46. The Morgan fingerprint density at radius 2 is 2.00 bits per heavy atom. The average molecular weight is 339 g/mol. The Kier molecular flexibility index (Phi) is 5.20. The molecule has 0 aliphatic carbocycles. The van der Waals surface area contributed by atoms with Crippen LogP contribution in [0.25, 0.3) is 10.9 Å². The van der Waals surface area contributed by atoms with E-state index in [1.807, 2.05) is 0 Å². The van der Waals surface area contributed by atoms with Gasteiger partial charge in [0, 0.05) is 29.2 Å². The molecule has 0 saturated carbocycles. The molecule has 1 aliphatic rings. The van der Waals surface area contributed by atoms with E-state index >= 15 is 0 Å². The first-order valence-corrected chi connectivity index (χ1v) is 8.90. The fourth-order valence-corrected chi connectivity index (χ4v) is 5.32. The number of fused-ring (bicyclic) bond motifs is 3. The number of likely N-dealkylation sites (N-methyl/N-ethyl adjacent to an activating group) is 1. The van der Waals surface area contributed by atoms with Gasteiger partial charge in [0.15, 0.2) is 0 Å². The molecule has 3 rings (SSSR count). The lowest BCUT2D eigenvalue weighted by atomic mass is 9.92. The van der Waals surface area contributed by atoms with E-state index in [9.17, 15) is 0 Å². The second-order valence-corrected chi connectivity index (χ2v) is 7.98. The second kappa shape index (κ2) is 6.46. The van der Waals surface area contributed by atoms with Gasteiger partial charge in [-0.25, -0.2) is 0 Å². The summed E-state index contributed by atoms with van der Waals surface area (Å²) in [5.41, 5.74) is 4.55. The van der Waals surface area contributed by atoms with Gasteiger partial charge in [0.1, 0.15) is 0 Å². The molecule has 2 nitrogen and oxygen atoms in total. The van der Waals surface area contributed by atoms with Crippen LogP contribution in [0, 0.1) is 0 Å². The number of rotatable bonds is 3. The fraction of sp³-hybridized carbons (Fsp3) is 0.556. The van der Waals surface area contributed by atoms with Crippen molar-refractivity contribution in [1.82, 2.24) is 9.47 Å². The topological polar surface area (TPSA) is 8.17 Å². The first-order chi connectivity index (χ1) is 10.0. The third-order valence-electron chi connectivity index (χ3n) is 5.19. The lowest BCUT2D eigenvalue weighted by Crippen LogP contribution is -2.45. The molecule has 0 saturated heterocycles. The fourth-order valence-electron chi connectivity index (χ4n) is 3.77. The van der Waals surface area contributed by atoms with E-state index in [-0.39, 0.29) is 17.2 Å². The van der Waals surface area contributed by atoms with Gasteiger partial charge in [0.2, 0.25) is 0 Å². The number of nitrogens with zero attached hydrogens (tertiary/aromatic N) is 2. The second-order valence-electron chi connectivity index (χ2n) is 6.43. The van der Waals surface area contributed by atoms with E-state index in [2.05, 4.69) is 80.4 Å². The van der Waals surface area contributed by atoms with Gasteiger partial charge in [-0.1, -0.05) is 18.2 Å². The molecule has 0 N–H and O–H groups in total. The highest BCUT2D eigenvalue weighted by Crippen LogP contribution is 2.49. The maximum atomic E-state index is 2.55. The highest BCUT2D eigenvalue weighted by Gasteiger charge is 2.42. The van der Waals surface area contributed by atoms with E-state index in [1.165, 1.54) is 23.1 Å². The van der Waals surface area contributed by atoms with Crippen molar-refractivity contribution in [2.75, 3.05) is 19.8 Å². The molecule has 1 aromatic heterocycles. The first-order valence-electron chi connectivity index (χ1n) is 7.91. The zero-order valence-electron chi connectivity index (χ0n) is 14.2. The van der Waals surface area contributed by atoms with Crippen molar-refractivity contribution in [3.8, 4) is 0 Å². The minimum absolute atomic E-state index is 0. The monoisotopic (exact) mass is 338 g/mol. The van der Waals surface area contributed by atoms with Crippen LogP contribution in [0.15, 0.2) is 24.3 Å². The maximum absolute atomic E-state index is 2.55. The van der Waals surface area contributed by atoms with Crippen LogP contribution in [0.3, 0.4) is 0 Å². The first kappa shape index (κ1) is 17.7. The van der Waals surface area contributed by atoms with Crippen molar-refractivity contribution in [2.45, 2.75) is 44.5 Å². The standard InChI is InChI=1S/C18H26N2S.ClH/c1-6-20-16-10-8-7-9-14(16)15-11-12-21-18(3,17(15)20)13(2)19(4)5;/h7-10,13H,6,11-12H2,1-5H3;1H. The predicted octanol–water partition coefficient (Wildman–Crippen LogP) is 4.54. The number of thioether (sulfide) groups is 1. The summed E-state index contributed by atoms with van der Waals surface area (Å²) in [7, 11) is 4.40. The molecule has 122 valence electrons. The van der Waals surface area contributed by atoms with E-state index < -0.39 is 0 Å². The summed E-state index contributed by atoms with van der Waals surface area (Å²) in [5.74, 6) is 1.22. The molecule has 2 heterocycles. The Morgan fingerprint density at radius 1 is 1.32 bits per heavy atom. The smallest absolute Gasteiger partial charge is 0.0687 e. The van der Waals surface area contributed by atoms with Crippen LogP contribution in [0.5, 0.6) is 0 Å². The molecule has 0 fully saturated rings. The van der Waals surface area contributed by atoms with E-state index in [0.29, 0.717) is 6.04 Å². The van der Waals surface area contributed by atoms with Crippen molar-refractivity contribution >= 4 is 35.1 Å². The van der Waals surface area contributed by atoms with Crippen LogP contribution < -0.4 is 0 Å². The van der Waals surface area contributed by atoms with Gasteiger partial charge < -0.3 is 9.47 Å². The predicted molar refractivity (Wildman–Crippen MR) is 102 cm³/mol. The molecule has 0 radical (unpaired) electrons. The van der Waals surface area contributed by atoms with Crippen molar-refractivity contribution in [3.05, 3.63) is 35.5 Å². The summed E-state index contributed by atoms with van der Waals surface area (Å²) in [6.07, 6.45) is 1.20. The van der Waals surface area contributed by atoms with Crippen LogP contribution in [0.1, 0.15) is 32.0 Å². The lowest BCUT2D eigenvalue weighted by molar-refractivity contribution is 0.255. The number of benzene rings is 1. The highest BCUT2D eigenvalue weighted by atomic mass is 35.5. The summed E-state index contributed by atoms with van der Waals surface area (Å²) in [6, 6.07) is 9.44. The third-order valence-corrected chi connectivity index (χ3v) is 6.73. The molecule has 1 aromatic carbocycles. The average Bonchev–Trinajstić information content (AvgIpc) is 2.82. The zero-order valence-corrected chi connectivity index (χ0v) is 15.9. The number of halogens is 1. The quantitative estimate of drug-likeness (QED) is 0.812. The van der Waals surface area contributed by atoms with Crippen LogP contribution >= 0.6 is 24.2 Å². The van der Waals surface area contributed by atoms with Gasteiger partial charge in [0.05, 0.1) is 4.75 Å². The number of aromatic nitrogens is 1. The number of hydrogen-bond donors (Lipinski definition) is 0. The highest BCUT2D eigenvalue weighted by molar-refractivity contribution is 8.00. The van der Waals surface area contributed by atoms with Gasteiger partial charge in [-0.05, 0) is 58.7 Å². The third kappa shape index (κ3) is 2.47. The number of para-hydroxylation sites is 1. The normalized spacial score (nSPS) is 22.5. The van der Waals surface area contributed by atoms with Gasteiger partial charge in [-0.3, -0.25) is 0 Å². The molecule has 0 amide bonds. The lowest BCUT2D eigenvalue weighted by Gasteiger charge is -2.42. The molecule has 2 atom stereocenters. The van der Waals surface area contributed by atoms with Gasteiger partial charge in [-0.15, -0.1) is 24.2 Å². The molecule has 2 unspecified atom stereocenters. The minimum Gasteiger partial charge on any atom is -0.343 e. The molecule has 1 aliphatic heterocycles. The number of aryl methyl sites for hydroxylation is 2. The maximum Gasteiger partial charge on any atom is 0.0687 e. The summed E-state index contributed by atoms with van der Waals surface area (Å²) in [4.78, 5) is 2.36. The van der Waals surface area contributed by atoms with E-state index in [0.717, 1.165) is 6.54 Å². The van der Waals surface area contributed by atoms with Gasteiger partial charge in [-0.2, -0.15) is 0 Å². The van der Waals surface area contributed by atoms with Crippen LogP contribution in [0.2, 0.25) is 0 Å². The molecule has 2 aromatic rings. The van der Waals surface area contributed by atoms with Crippen molar-refractivity contribution in [1.29, 1.82) is 0 Å². The van der Waals surface area contributed by atoms with E-state index in [1.54, 1.807) is 11.3 Å². The Hall–Kier alpha value is -0.640. The Morgan fingerprint density at radius 3 is 2.64 bits per heavy atom. The van der Waals surface area contributed by atoms with Crippen LogP contribution in [0.4, 0.5) is 0 Å². The molecular formula is C18H27ClN2S. The van der Waals surface area contributed by atoms with Crippen LogP contribution in [-0.2, 0) is 17.7 Å². The summed E-state index contributed by atoms with van der Waals surface area (Å²) in [6.45, 7) is 8.12. The van der Waals surface area contributed by atoms with E-state index in [4.69, 9.17) is 0 Å². The van der Waals surface area contributed by atoms with Crippen molar-refractivity contribution in [2.24, 2.45) is 0 Å². The van der Waals surface area contributed by atoms with Crippen molar-refractivity contribution < 1.29 is 0 Å². The van der Waals surface area contributed by atoms with Crippen molar-refractivity contribution in [3.63, 3.8) is 0 Å².